The molecule has 2 aromatic heterocycles. The first-order chi connectivity index (χ1) is 12.3. The van der Waals surface area contributed by atoms with Crippen molar-refractivity contribution in [2.24, 2.45) is 5.92 Å². The van der Waals surface area contributed by atoms with Crippen molar-refractivity contribution >= 4 is 11.3 Å². The second-order valence-corrected chi connectivity index (χ2v) is 8.09. The number of hydrogen-bond acceptors (Lipinski definition) is 7. The lowest BCUT2D eigenvalue weighted by Crippen LogP contribution is -2.49. The monoisotopic (exact) mass is 361 g/mol. The molecule has 1 N–H and O–H groups in total. The first kappa shape index (κ1) is 17.1. The van der Waals surface area contributed by atoms with Crippen molar-refractivity contribution in [2.75, 3.05) is 45.8 Å². The van der Waals surface area contributed by atoms with Crippen molar-refractivity contribution in [1.29, 1.82) is 0 Å². The molecule has 136 valence electrons. The number of rotatable bonds is 5. The van der Waals surface area contributed by atoms with Crippen LogP contribution in [0.15, 0.2) is 22.0 Å². The molecule has 25 heavy (non-hydrogen) atoms. The van der Waals surface area contributed by atoms with E-state index in [0.717, 1.165) is 42.9 Å². The van der Waals surface area contributed by atoms with Crippen LogP contribution in [0.1, 0.15) is 31.7 Å². The molecular formula is C18H27N5OS. The smallest absolute Gasteiger partial charge is 0.244 e. The lowest BCUT2D eigenvalue weighted by molar-refractivity contribution is 0.0757. The normalized spacial score (nSPS) is 22.3. The van der Waals surface area contributed by atoms with Crippen molar-refractivity contribution < 1.29 is 4.52 Å². The fourth-order valence-electron chi connectivity index (χ4n) is 3.83. The summed E-state index contributed by atoms with van der Waals surface area (Å²) in [6, 6.07) is 4.23. The van der Waals surface area contributed by atoms with E-state index in [9.17, 15) is 0 Å². The molecule has 0 amide bonds. The predicted octanol–water partition coefficient (Wildman–Crippen LogP) is 2.48. The van der Waals surface area contributed by atoms with Crippen LogP contribution in [0.5, 0.6) is 0 Å². The molecule has 2 aromatic rings. The topological polar surface area (TPSA) is 57.4 Å². The summed E-state index contributed by atoms with van der Waals surface area (Å²) < 4.78 is 5.54. The molecule has 2 fully saturated rings. The molecule has 1 unspecified atom stereocenters. The number of hydrogen-bond donors (Lipinski definition) is 1. The van der Waals surface area contributed by atoms with Gasteiger partial charge in [0.1, 0.15) is 0 Å². The van der Waals surface area contributed by atoms with Gasteiger partial charge in [0.2, 0.25) is 11.7 Å². The van der Waals surface area contributed by atoms with Crippen LogP contribution in [0.3, 0.4) is 0 Å². The number of piperazine rings is 1. The maximum atomic E-state index is 5.54. The van der Waals surface area contributed by atoms with Crippen molar-refractivity contribution in [3.8, 4) is 10.7 Å². The van der Waals surface area contributed by atoms with Gasteiger partial charge in [0, 0.05) is 32.7 Å². The standard InChI is InChI=1S/C18H27N5OS/c1-14(18-20-17(21-24-18)16-3-2-12-25-16)23-10-8-22(9-11-23)13-15-4-6-19-7-5-15/h2-3,12,14-15,19H,4-11,13H2,1H3. The van der Waals surface area contributed by atoms with E-state index in [1.54, 1.807) is 11.3 Å². The lowest BCUT2D eigenvalue weighted by atomic mass is 9.97. The van der Waals surface area contributed by atoms with E-state index in [2.05, 4.69) is 32.2 Å². The quantitative estimate of drug-likeness (QED) is 0.883. The summed E-state index contributed by atoms with van der Waals surface area (Å²) in [6.07, 6.45) is 2.65. The molecular weight excluding hydrogens is 334 g/mol. The van der Waals surface area contributed by atoms with Gasteiger partial charge >= 0.3 is 0 Å². The van der Waals surface area contributed by atoms with Crippen molar-refractivity contribution in [1.82, 2.24) is 25.3 Å². The van der Waals surface area contributed by atoms with Gasteiger partial charge in [-0.25, -0.2) is 0 Å². The Bertz CT molecular complexity index is 644. The van der Waals surface area contributed by atoms with E-state index in [1.807, 2.05) is 17.5 Å². The summed E-state index contributed by atoms with van der Waals surface area (Å²) in [5.41, 5.74) is 0. The molecule has 4 rings (SSSR count). The SMILES string of the molecule is CC(c1nc(-c2cccs2)no1)N1CCN(CC2CCNCC2)CC1. The van der Waals surface area contributed by atoms with Crippen molar-refractivity contribution in [3.05, 3.63) is 23.4 Å². The van der Waals surface area contributed by atoms with Crippen LogP contribution < -0.4 is 5.32 Å². The molecule has 2 aliphatic heterocycles. The largest absolute Gasteiger partial charge is 0.337 e. The molecule has 1 atom stereocenters. The van der Waals surface area contributed by atoms with Crippen molar-refractivity contribution in [2.45, 2.75) is 25.8 Å². The Morgan fingerprint density at radius 1 is 1.28 bits per heavy atom. The Kier molecular flexibility index (Phi) is 5.45. The Morgan fingerprint density at radius 3 is 2.80 bits per heavy atom. The predicted molar refractivity (Wildman–Crippen MR) is 99.6 cm³/mol. The first-order valence-electron chi connectivity index (χ1n) is 9.34. The zero-order valence-corrected chi connectivity index (χ0v) is 15.7. The third-order valence-corrected chi connectivity index (χ3v) is 6.34. The average molecular weight is 362 g/mol. The Hall–Kier alpha value is -1.28. The number of thiophene rings is 1. The van der Waals surface area contributed by atoms with Crippen LogP contribution in [0.4, 0.5) is 0 Å². The second kappa shape index (κ2) is 7.95. The molecule has 2 aliphatic rings. The van der Waals surface area contributed by atoms with Crippen LogP contribution in [0.25, 0.3) is 10.7 Å². The van der Waals surface area contributed by atoms with Crippen LogP contribution in [0.2, 0.25) is 0 Å². The van der Waals surface area contributed by atoms with Crippen LogP contribution >= 0.6 is 11.3 Å². The van der Waals surface area contributed by atoms with Gasteiger partial charge < -0.3 is 14.7 Å². The zero-order valence-electron chi connectivity index (χ0n) is 14.9. The highest BCUT2D eigenvalue weighted by atomic mass is 32.1. The summed E-state index contributed by atoms with van der Waals surface area (Å²) in [5.74, 6) is 2.31. The average Bonchev–Trinajstić information content (AvgIpc) is 3.34. The van der Waals surface area contributed by atoms with Gasteiger partial charge in [0.05, 0.1) is 10.9 Å². The van der Waals surface area contributed by atoms with E-state index in [-0.39, 0.29) is 6.04 Å². The van der Waals surface area contributed by atoms with Crippen LogP contribution in [-0.4, -0.2) is 65.8 Å². The highest BCUT2D eigenvalue weighted by molar-refractivity contribution is 7.13. The lowest BCUT2D eigenvalue weighted by Gasteiger charge is -2.38. The Labute approximate surface area is 153 Å². The van der Waals surface area contributed by atoms with Gasteiger partial charge in [-0.3, -0.25) is 4.90 Å². The number of nitrogens with one attached hydrogen (secondary N) is 1. The minimum absolute atomic E-state index is 0.183. The Balaban J connectivity index is 1.30. The van der Waals surface area contributed by atoms with E-state index in [4.69, 9.17) is 4.52 Å². The summed E-state index contributed by atoms with van der Waals surface area (Å²) in [5, 5.41) is 9.64. The van der Waals surface area contributed by atoms with Gasteiger partial charge in [0.15, 0.2) is 0 Å². The number of aromatic nitrogens is 2. The highest BCUT2D eigenvalue weighted by Gasteiger charge is 2.27. The van der Waals surface area contributed by atoms with E-state index >= 15 is 0 Å². The molecule has 2 saturated heterocycles. The third kappa shape index (κ3) is 4.11. The van der Waals surface area contributed by atoms with Gasteiger partial charge in [-0.1, -0.05) is 11.2 Å². The Morgan fingerprint density at radius 2 is 2.08 bits per heavy atom. The summed E-state index contributed by atoms with van der Waals surface area (Å²) in [4.78, 5) is 10.8. The van der Waals surface area contributed by atoms with E-state index in [0.29, 0.717) is 5.82 Å². The molecule has 6 nitrogen and oxygen atoms in total. The van der Waals surface area contributed by atoms with Gasteiger partial charge in [-0.15, -0.1) is 11.3 Å². The van der Waals surface area contributed by atoms with E-state index in [1.165, 1.54) is 32.5 Å². The van der Waals surface area contributed by atoms with Gasteiger partial charge in [0.25, 0.3) is 0 Å². The van der Waals surface area contributed by atoms with E-state index < -0.39 is 0 Å². The van der Waals surface area contributed by atoms with Crippen LogP contribution in [0, 0.1) is 5.92 Å². The molecule has 4 heterocycles. The summed E-state index contributed by atoms with van der Waals surface area (Å²) in [7, 11) is 0. The fraction of sp³-hybridized carbons (Fsp3) is 0.667. The van der Waals surface area contributed by atoms with Crippen LogP contribution in [-0.2, 0) is 0 Å². The molecule has 0 bridgehead atoms. The molecule has 0 aromatic carbocycles. The molecule has 0 saturated carbocycles. The first-order valence-corrected chi connectivity index (χ1v) is 10.2. The molecule has 0 radical (unpaired) electrons. The zero-order chi connectivity index (χ0) is 17.1. The third-order valence-electron chi connectivity index (χ3n) is 5.47. The van der Waals surface area contributed by atoms with Gasteiger partial charge in [-0.05, 0) is 50.2 Å². The van der Waals surface area contributed by atoms with Gasteiger partial charge in [-0.2, -0.15) is 4.98 Å². The molecule has 0 spiro atoms. The maximum Gasteiger partial charge on any atom is 0.244 e. The summed E-state index contributed by atoms with van der Waals surface area (Å²) >= 11 is 1.64. The molecule has 0 aliphatic carbocycles. The summed E-state index contributed by atoms with van der Waals surface area (Å²) in [6.45, 7) is 10.2. The second-order valence-electron chi connectivity index (χ2n) is 7.14. The maximum absolute atomic E-state index is 5.54. The minimum atomic E-state index is 0.183. The highest BCUT2D eigenvalue weighted by Crippen LogP contribution is 2.26. The van der Waals surface area contributed by atoms with Crippen molar-refractivity contribution in [3.63, 3.8) is 0 Å². The number of nitrogens with zero attached hydrogens (tertiary/aromatic N) is 4. The fourth-order valence-corrected chi connectivity index (χ4v) is 4.48. The minimum Gasteiger partial charge on any atom is -0.337 e. The molecule has 7 heteroatoms. The number of piperidine rings is 1.